The topological polar surface area (TPSA) is 114 Å². The average Bonchev–Trinajstić information content (AvgIpc) is 2.80. The Balaban J connectivity index is 1.92. The monoisotopic (exact) mass is 492 g/mol. The summed E-state index contributed by atoms with van der Waals surface area (Å²) in [6, 6.07) is 10.2. The molecule has 0 bridgehead atoms. The van der Waals surface area contributed by atoms with Crippen LogP contribution in [0.25, 0.3) is 0 Å². The molecule has 2 aromatic carbocycles. The smallest absolute Gasteiger partial charge is 0.362 e. The van der Waals surface area contributed by atoms with Gasteiger partial charge in [-0.15, -0.1) is 0 Å². The second kappa shape index (κ2) is 11.0. The Morgan fingerprint density at radius 2 is 1.88 bits per heavy atom. The normalized spacial score (nSPS) is 11.1. The fourth-order valence-corrected chi connectivity index (χ4v) is 2.99. The van der Waals surface area contributed by atoms with Crippen LogP contribution in [0.3, 0.4) is 0 Å². The molecule has 0 radical (unpaired) electrons. The fourth-order valence-electron chi connectivity index (χ4n) is 2.86. The number of hydrogen-bond donors (Lipinski definition) is 4. The summed E-state index contributed by atoms with van der Waals surface area (Å²) < 4.78 is 45.7. The van der Waals surface area contributed by atoms with E-state index in [1.54, 1.807) is 24.3 Å². The van der Waals surface area contributed by atoms with Gasteiger partial charge in [-0.05, 0) is 35.9 Å². The minimum Gasteiger partial charge on any atom is -0.362 e. The number of rotatable bonds is 9. The van der Waals surface area contributed by atoms with Crippen molar-refractivity contribution in [2.45, 2.75) is 12.8 Å². The van der Waals surface area contributed by atoms with Gasteiger partial charge in [-0.3, -0.25) is 4.79 Å². The van der Waals surface area contributed by atoms with Gasteiger partial charge in [0.15, 0.2) is 5.82 Å². The van der Waals surface area contributed by atoms with E-state index in [0.717, 1.165) is 12.1 Å². The Hall–Kier alpha value is -3.67. The predicted octanol–water partition coefficient (Wildman–Crippen LogP) is 5.19. The molecule has 0 fully saturated rings. The molecule has 0 saturated carbocycles. The van der Waals surface area contributed by atoms with Gasteiger partial charge in [0.25, 0.3) is 0 Å². The van der Waals surface area contributed by atoms with Crippen molar-refractivity contribution in [3.63, 3.8) is 0 Å². The van der Waals surface area contributed by atoms with Crippen molar-refractivity contribution in [3.05, 3.63) is 77.5 Å². The lowest BCUT2D eigenvalue weighted by molar-refractivity contribution is -0.137. The Kier molecular flexibility index (Phi) is 8.05. The zero-order valence-electron chi connectivity index (χ0n) is 17.6. The standard InChI is InChI=1S/C22H20ClF3N6O2/c1-2-19(33)29-16-5-3-4-6-17(16)30-20-15(23)10-28-21(32-20)31-18-9-13(11-34-12-27)7-8-14(18)22(24,25)26/h2-10H,1,11-12,27H2,(H,29,33)(H2,28,30,31,32). The SMILES string of the molecule is C=CC(=O)Nc1ccccc1Nc1nc(Nc2cc(COCN)ccc2C(F)(F)F)ncc1Cl. The quantitative estimate of drug-likeness (QED) is 0.240. The summed E-state index contributed by atoms with van der Waals surface area (Å²) in [5, 5.41) is 8.29. The Morgan fingerprint density at radius 1 is 1.15 bits per heavy atom. The molecule has 12 heteroatoms. The molecule has 1 amide bonds. The third-order valence-electron chi connectivity index (χ3n) is 4.39. The number of carbonyl (C=O) groups excluding carboxylic acids is 1. The first kappa shape index (κ1) is 25.0. The van der Waals surface area contributed by atoms with Gasteiger partial charge in [0.2, 0.25) is 11.9 Å². The molecule has 1 aromatic heterocycles. The number of nitrogens with two attached hydrogens (primary N) is 1. The number of nitrogens with zero attached hydrogens (tertiary/aromatic N) is 2. The summed E-state index contributed by atoms with van der Waals surface area (Å²) in [6.45, 7) is 3.36. The summed E-state index contributed by atoms with van der Waals surface area (Å²) in [5.41, 5.74) is 5.45. The number of para-hydroxylation sites is 2. The molecule has 0 aliphatic carbocycles. The van der Waals surface area contributed by atoms with Crippen LogP contribution in [-0.2, 0) is 22.3 Å². The molecule has 0 unspecified atom stereocenters. The summed E-state index contributed by atoms with van der Waals surface area (Å²) >= 11 is 6.19. The van der Waals surface area contributed by atoms with Crippen molar-refractivity contribution >= 4 is 46.3 Å². The van der Waals surface area contributed by atoms with E-state index in [2.05, 4.69) is 32.5 Å². The minimum absolute atomic E-state index is 0.0326. The highest BCUT2D eigenvalue weighted by atomic mass is 35.5. The Labute approximate surface area is 198 Å². The zero-order valence-corrected chi connectivity index (χ0v) is 18.4. The van der Waals surface area contributed by atoms with Crippen LogP contribution in [-0.4, -0.2) is 22.6 Å². The van der Waals surface area contributed by atoms with Crippen LogP contribution in [0, 0.1) is 0 Å². The van der Waals surface area contributed by atoms with E-state index < -0.39 is 17.6 Å². The molecule has 34 heavy (non-hydrogen) atoms. The number of halogens is 4. The lowest BCUT2D eigenvalue weighted by Crippen LogP contribution is -2.12. The second-order valence-corrected chi connectivity index (χ2v) is 7.18. The van der Waals surface area contributed by atoms with Gasteiger partial charge in [0, 0.05) is 0 Å². The first-order valence-electron chi connectivity index (χ1n) is 9.78. The lowest BCUT2D eigenvalue weighted by atomic mass is 10.1. The van der Waals surface area contributed by atoms with E-state index in [-0.39, 0.29) is 35.8 Å². The van der Waals surface area contributed by atoms with Gasteiger partial charge in [-0.25, -0.2) is 4.98 Å². The molecule has 0 aliphatic rings. The van der Waals surface area contributed by atoms with E-state index in [1.807, 2.05) is 0 Å². The second-order valence-electron chi connectivity index (χ2n) is 6.77. The maximum absolute atomic E-state index is 13.5. The summed E-state index contributed by atoms with van der Waals surface area (Å²) in [6.07, 6.45) is -2.27. The third-order valence-corrected chi connectivity index (χ3v) is 4.67. The predicted molar refractivity (Wildman–Crippen MR) is 124 cm³/mol. The van der Waals surface area contributed by atoms with E-state index >= 15 is 0 Å². The van der Waals surface area contributed by atoms with Crippen molar-refractivity contribution in [2.24, 2.45) is 5.73 Å². The molecule has 3 aromatic rings. The molecular weight excluding hydrogens is 473 g/mol. The van der Waals surface area contributed by atoms with Gasteiger partial charge in [-0.1, -0.05) is 36.4 Å². The third kappa shape index (κ3) is 6.44. The average molecular weight is 493 g/mol. The number of alkyl halides is 3. The molecule has 178 valence electrons. The van der Waals surface area contributed by atoms with Crippen LogP contribution in [0.2, 0.25) is 5.02 Å². The summed E-state index contributed by atoms with van der Waals surface area (Å²) in [7, 11) is 0. The number of benzene rings is 2. The Morgan fingerprint density at radius 3 is 2.56 bits per heavy atom. The molecule has 1 heterocycles. The Bertz CT molecular complexity index is 1190. The van der Waals surface area contributed by atoms with Crippen molar-refractivity contribution in [3.8, 4) is 0 Å². The first-order chi connectivity index (χ1) is 16.2. The molecule has 8 nitrogen and oxygen atoms in total. The summed E-state index contributed by atoms with van der Waals surface area (Å²) in [5.74, 6) is -0.457. The molecule has 0 spiro atoms. The van der Waals surface area contributed by atoms with Crippen LogP contribution in [0.1, 0.15) is 11.1 Å². The molecule has 3 rings (SSSR count). The number of carbonyl (C=O) groups is 1. The number of amides is 1. The van der Waals surface area contributed by atoms with Gasteiger partial charge in [0.05, 0.1) is 42.2 Å². The minimum atomic E-state index is -4.62. The largest absolute Gasteiger partial charge is 0.418 e. The van der Waals surface area contributed by atoms with Crippen molar-refractivity contribution in [2.75, 3.05) is 22.7 Å². The highest BCUT2D eigenvalue weighted by Crippen LogP contribution is 2.37. The maximum atomic E-state index is 13.5. The van der Waals surface area contributed by atoms with Crippen molar-refractivity contribution in [1.29, 1.82) is 0 Å². The van der Waals surface area contributed by atoms with Crippen molar-refractivity contribution < 1.29 is 22.7 Å². The van der Waals surface area contributed by atoms with Gasteiger partial charge in [0.1, 0.15) is 5.02 Å². The van der Waals surface area contributed by atoms with E-state index in [4.69, 9.17) is 22.1 Å². The number of hydrogen-bond acceptors (Lipinski definition) is 7. The first-order valence-corrected chi connectivity index (χ1v) is 10.2. The van der Waals surface area contributed by atoms with E-state index in [9.17, 15) is 18.0 Å². The van der Waals surface area contributed by atoms with Crippen LogP contribution >= 0.6 is 11.6 Å². The van der Waals surface area contributed by atoms with Crippen LogP contribution < -0.4 is 21.7 Å². The van der Waals surface area contributed by atoms with Gasteiger partial charge >= 0.3 is 6.18 Å². The molecule has 0 saturated heterocycles. The maximum Gasteiger partial charge on any atom is 0.418 e. The zero-order chi connectivity index (χ0) is 24.7. The fraction of sp³-hybridized carbons (Fsp3) is 0.136. The number of ether oxygens (including phenoxy) is 1. The van der Waals surface area contributed by atoms with Crippen LogP contribution in [0.15, 0.2) is 61.3 Å². The molecular formula is C22H20ClF3N6O2. The van der Waals surface area contributed by atoms with Gasteiger partial charge < -0.3 is 26.4 Å². The molecule has 0 aliphatic heterocycles. The highest BCUT2D eigenvalue weighted by Gasteiger charge is 2.34. The van der Waals surface area contributed by atoms with Crippen LogP contribution in [0.4, 0.5) is 42.0 Å². The number of anilines is 5. The number of aromatic nitrogens is 2. The summed E-state index contributed by atoms with van der Waals surface area (Å²) in [4.78, 5) is 19.9. The van der Waals surface area contributed by atoms with Crippen molar-refractivity contribution in [1.82, 2.24) is 9.97 Å². The number of nitrogens with one attached hydrogen (secondary N) is 3. The molecule has 5 N–H and O–H groups in total. The molecule has 0 atom stereocenters. The van der Waals surface area contributed by atoms with E-state index in [1.165, 1.54) is 18.3 Å². The highest BCUT2D eigenvalue weighted by molar-refractivity contribution is 6.33. The lowest BCUT2D eigenvalue weighted by Gasteiger charge is -2.16. The van der Waals surface area contributed by atoms with Crippen LogP contribution in [0.5, 0.6) is 0 Å². The van der Waals surface area contributed by atoms with E-state index in [0.29, 0.717) is 16.9 Å². The van der Waals surface area contributed by atoms with Gasteiger partial charge in [-0.2, -0.15) is 18.2 Å².